The number of likely N-dealkylation sites (N-methyl/N-ethyl adjacent to an activating group) is 1. The average molecular weight is 306 g/mol. The van der Waals surface area contributed by atoms with Crippen LogP contribution in [0.1, 0.15) is 5.56 Å². The van der Waals surface area contributed by atoms with Gasteiger partial charge < -0.3 is 15.0 Å². The van der Waals surface area contributed by atoms with Crippen LogP contribution in [0.2, 0.25) is 5.02 Å². The second kappa shape index (κ2) is 6.71. The second-order valence-electron chi connectivity index (χ2n) is 5.53. The topological polar surface area (TPSA) is 37.4 Å². The van der Waals surface area contributed by atoms with Gasteiger partial charge in [0.1, 0.15) is 0 Å². The molecule has 3 rings (SSSR count). The Balaban J connectivity index is 1.65. The van der Waals surface area contributed by atoms with Crippen molar-refractivity contribution in [1.29, 1.82) is 0 Å². The lowest BCUT2D eigenvalue weighted by Gasteiger charge is -2.30. The van der Waals surface area contributed by atoms with E-state index in [-0.39, 0.29) is 6.10 Å². The van der Waals surface area contributed by atoms with Gasteiger partial charge in [-0.05, 0) is 30.8 Å². The number of halogens is 1. The number of ether oxygens (including phenoxy) is 1. The van der Waals surface area contributed by atoms with Crippen molar-refractivity contribution in [3.8, 4) is 0 Å². The van der Waals surface area contributed by atoms with Crippen LogP contribution in [0.4, 0.5) is 0 Å². The number of morpholine rings is 1. The molecule has 5 heteroatoms. The van der Waals surface area contributed by atoms with Gasteiger partial charge in [-0.3, -0.25) is 4.98 Å². The zero-order valence-corrected chi connectivity index (χ0v) is 12.9. The molecular weight excluding hydrogens is 286 g/mol. The van der Waals surface area contributed by atoms with E-state index in [2.05, 4.69) is 22.2 Å². The molecule has 2 heterocycles. The molecule has 2 aromatic rings. The molecule has 1 aliphatic heterocycles. The van der Waals surface area contributed by atoms with E-state index in [0.717, 1.165) is 54.3 Å². The summed E-state index contributed by atoms with van der Waals surface area (Å²) in [6.45, 7) is 4.38. The third kappa shape index (κ3) is 3.71. The number of benzene rings is 1. The molecule has 112 valence electrons. The van der Waals surface area contributed by atoms with Gasteiger partial charge in [0.25, 0.3) is 0 Å². The fourth-order valence-electron chi connectivity index (χ4n) is 2.72. The van der Waals surface area contributed by atoms with Crippen molar-refractivity contribution in [2.24, 2.45) is 0 Å². The van der Waals surface area contributed by atoms with Gasteiger partial charge >= 0.3 is 0 Å². The molecule has 1 atom stereocenters. The SMILES string of the molecule is CN1CCOC(CNCc2cc(Cl)cc3cccnc23)C1. The highest BCUT2D eigenvalue weighted by molar-refractivity contribution is 6.31. The molecule has 4 nitrogen and oxygen atoms in total. The molecule has 0 saturated carbocycles. The summed E-state index contributed by atoms with van der Waals surface area (Å²) in [4.78, 5) is 6.76. The molecule has 1 aromatic carbocycles. The maximum Gasteiger partial charge on any atom is 0.0826 e. The first kappa shape index (κ1) is 14.7. The molecule has 0 bridgehead atoms. The summed E-state index contributed by atoms with van der Waals surface area (Å²) in [5.41, 5.74) is 2.14. The summed E-state index contributed by atoms with van der Waals surface area (Å²) in [5.74, 6) is 0. The summed E-state index contributed by atoms with van der Waals surface area (Å²) in [6.07, 6.45) is 2.07. The Kier molecular flexibility index (Phi) is 4.70. The number of nitrogens with zero attached hydrogens (tertiary/aromatic N) is 2. The van der Waals surface area contributed by atoms with Crippen molar-refractivity contribution in [3.05, 3.63) is 41.0 Å². The van der Waals surface area contributed by atoms with Crippen LogP contribution in [0.3, 0.4) is 0 Å². The first-order valence-electron chi connectivity index (χ1n) is 7.26. The third-order valence-electron chi connectivity index (χ3n) is 3.78. The van der Waals surface area contributed by atoms with Crippen LogP contribution < -0.4 is 5.32 Å². The Bertz CT molecular complexity index is 619. The zero-order valence-electron chi connectivity index (χ0n) is 12.2. The van der Waals surface area contributed by atoms with E-state index in [1.807, 2.05) is 30.5 Å². The van der Waals surface area contributed by atoms with Crippen LogP contribution in [0.25, 0.3) is 10.9 Å². The summed E-state index contributed by atoms with van der Waals surface area (Å²) in [5, 5.41) is 5.29. The number of hydrogen-bond acceptors (Lipinski definition) is 4. The minimum atomic E-state index is 0.252. The zero-order chi connectivity index (χ0) is 14.7. The third-order valence-corrected chi connectivity index (χ3v) is 4.00. The number of aromatic nitrogens is 1. The van der Waals surface area contributed by atoms with Crippen molar-refractivity contribution in [3.63, 3.8) is 0 Å². The van der Waals surface area contributed by atoms with Crippen LogP contribution in [0, 0.1) is 0 Å². The number of fused-ring (bicyclic) bond motifs is 1. The van der Waals surface area contributed by atoms with E-state index in [9.17, 15) is 0 Å². The van der Waals surface area contributed by atoms with Crippen LogP contribution in [-0.2, 0) is 11.3 Å². The first-order valence-corrected chi connectivity index (χ1v) is 7.64. The molecule has 1 aromatic heterocycles. The Hall–Kier alpha value is -1.20. The molecule has 0 aliphatic carbocycles. The van der Waals surface area contributed by atoms with E-state index in [1.165, 1.54) is 0 Å². The van der Waals surface area contributed by atoms with E-state index < -0.39 is 0 Å². The van der Waals surface area contributed by atoms with Gasteiger partial charge in [0.05, 0.1) is 18.2 Å². The van der Waals surface area contributed by atoms with Crippen LogP contribution in [0.15, 0.2) is 30.5 Å². The highest BCUT2D eigenvalue weighted by Gasteiger charge is 2.17. The Morgan fingerprint density at radius 1 is 1.48 bits per heavy atom. The van der Waals surface area contributed by atoms with E-state index >= 15 is 0 Å². The lowest BCUT2D eigenvalue weighted by molar-refractivity contribution is -0.0182. The number of rotatable bonds is 4. The van der Waals surface area contributed by atoms with Crippen molar-refractivity contribution >= 4 is 22.5 Å². The lowest BCUT2D eigenvalue weighted by atomic mass is 10.1. The molecule has 1 aliphatic rings. The van der Waals surface area contributed by atoms with E-state index in [1.54, 1.807) is 0 Å². The highest BCUT2D eigenvalue weighted by atomic mass is 35.5. The predicted octanol–water partition coefficient (Wildman–Crippen LogP) is 2.31. The van der Waals surface area contributed by atoms with Gasteiger partial charge in [0, 0.05) is 42.8 Å². The molecule has 0 spiro atoms. The molecule has 21 heavy (non-hydrogen) atoms. The van der Waals surface area contributed by atoms with Gasteiger partial charge in [0.2, 0.25) is 0 Å². The van der Waals surface area contributed by atoms with Gasteiger partial charge in [-0.15, -0.1) is 0 Å². The molecule has 0 radical (unpaired) electrons. The monoisotopic (exact) mass is 305 g/mol. The standard InChI is InChI=1S/C16H20ClN3O/c1-20-5-6-21-15(11-20)10-18-9-13-8-14(17)7-12-3-2-4-19-16(12)13/h2-4,7-8,15,18H,5-6,9-11H2,1H3. The van der Waals surface area contributed by atoms with Crippen molar-refractivity contribution in [2.45, 2.75) is 12.6 Å². The Morgan fingerprint density at radius 2 is 2.38 bits per heavy atom. The fourth-order valence-corrected chi connectivity index (χ4v) is 2.97. The highest BCUT2D eigenvalue weighted by Crippen LogP contribution is 2.22. The largest absolute Gasteiger partial charge is 0.374 e. The summed E-state index contributed by atoms with van der Waals surface area (Å²) < 4.78 is 5.75. The molecule has 1 unspecified atom stereocenters. The second-order valence-corrected chi connectivity index (χ2v) is 5.96. The van der Waals surface area contributed by atoms with Crippen molar-refractivity contribution in [1.82, 2.24) is 15.2 Å². The summed E-state index contributed by atoms with van der Waals surface area (Å²) >= 11 is 6.18. The van der Waals surface area contributed by atoms with E-state index in [4.69, 9.17) is 16.3 Å². The Labute approximate surface area is 130 Å². The molecule has 1 N–H and O–H groups in total. The minimum absolute atomic E-state index is 0.252. The molecule has 0 amide bonds. The first-order chi connectivity index (χ1) is 10.2. The fraction of sp³-hybridized carbons (Fsp3) is 0.438. The minimum Gasteiger partial charge on any atom is -0.374 e. The van der Waals surface area contributed by atoms with Gasteiger partial charge in [-0.25, -0.2) is 0 Å². The predicted molar refractivity (Wildman–Crippen MR) is 85.7 cm³/mol. The van der Waals surface area contributed by atoms with Gasteiger partial charge in [0.15, 0.2) is 0 Å². The number of hydrogen-bond donors (Lipinski definition) is 1. The summed E-state index contributed by atoms with van der Waals surface area (Å²) in [7, 11) is 2.13. The van der Waals surface area contributed by atoms with Crippen LogP contribution in [-0.4, -0.2) is 49.3 Å². The lowest BCUT2D eigenvalue weighted by Crippen LogP contribution is -2.44. The quantitative estimate of drug-likeness (QED) is 0.940. The average Bonchev–Trinajstić information content (AvgIpc) is 2.47. The number of nitrogens with one attached hydrogen (secondary N) is 1. The molecule has 1 fully saturated rings. The number of pyridine rings is 1. The molecular formula is C16H20ClN3O. The maximum atomic E-state index is 6.18. The summed E-state index contributed by atoms with van der Waals surface area (Å²) in [6, 6.07) is 7.91. The van der Waals surface area contributed by atoms with E-state index in [0.29, 0.717) is 0 Å². The van der Waals surface area contributed by atoms with Crippen molar-refractivity contribution < 1.29 is 4.74 Å². The van der Waals surface area contributed by atoms with Gasteiger partial charge in [-0.2, -0.15) is 0 Å². The van der Waals surface area contributed by atoms with Crippen LogP contribution in [0.5, 0.6) is 0 Å². The van der Waals surface area contributed by atoms with Crippen molar-refractivity contribution in [2.75, 3.05) is 33.3 Å². The molecule has 1 saturated heterocycles. The smallest absolute Gasteiger partial charge is 0.0826 e. The maximum absolute atomic E-state index is 6.18. The van der Waals surface area contributed by atoms with Crippen LogP contribution >= 0.6 is 11.6 Å². The Morgan fingerprint density at radius 3 is 3.24 bits per heavy atom. The van der Waals surface area contributed by atoms with Gasteiger partial charge in [-0.1, -0.05) is 17.7 Å². The normalized spacial score (nSPS) is 20.0.